The van der Waals surface area contributed by atoms with Crippen molar-refractivity contribution in [1.29, 1.82) is 0 Å². The van der Waals surface area contributed by atoms with Gasteiger partial charge in [-0.25, -0.2) is 9.37 Å². The van der Waals surface area contributed by atoms with Crippen LogP contribution in [-0.4, -0.2) is 42.8 Å². The van der Waals surface area contributed by atoms with Gasteiger partial charge in [0.05, 0.1) is 0 Å². The van der Waals surface area contributed by atoms with E-state index in [1.165, 1.54) is 6.07 Å². The zero-order valence-electron chi connectivity index (χ0n) is 19.2. The van der Waals surface area contributed by atoms with Crippen LogP contribution >= 0.6 is 0 Å². The number of hydrogen-bond donors (Lipinski definition) is 1. The molecule has 5 heterocycles. The van der Waals surface area contributed by atoms with Gasteiger partial charge in [-0.05, 0) is 56.0 Å². The fourth-order valence-corrected chi connectivity index (χ4v) is 4.62. The molecule has 34 heavy (non-hydrogen) atoms. The Morgan fingerprint density at radius 3 is 2.79 bits per heavy atom. The molecule has 9 heteroatoms. The number of hydrogen-bond acceptors (Lipinski definition) is 7. The van der Waals surface area contributed by atoms with Gasteiger partial charge in [-0.3, -0.25) is 9.67 Å². The van der Waals surface area contributed by atoms with E-state index in [1.807, 2.05) is 49.7 Å². The third-order valence-corrected chi connectivity index (χ3v) is 6.48. The molecule has 1 aromatic carbocycles. The van der Waals surface area contributed by atoms with Gasteiger partial charge in [0.25, 0.3) is 0 Å². The van der Waals surface area contributed by atoms with Crippen molar-refractivity contribution >= 4 is 28.2 Å². The molecule has 2 aliphatic heterocycles. The normalized spacial score (nSPS) is 16.5. The van der Waals surface area contributed by atoms with Gasteiger partial charge in [-0.15, -0.1) is 0 Å². The lowest BCUT2D eigenvalue weighted by Crippen LogP contribution is -2.44. The minimum atomic E-state index is -0.428. The van der Waals surface area contributed by atoms with Crippen LogP contribution in [0.15, 0.2) is 54.1 Å². The maximum absolute atomic E-state index is 14.8. The summed E-state index contributed by atoms with van der Waals surface area (Å²) in [5.41, 5.74) is 2.97. The Bertz CT molecular complexity index is 1460. The first-order valence-corrected chi connectivity index (χ1v) is 11.2. The number of aromatic nitrogens is 4. The van der Waals surface area contributed by atoms with Gasteiger partial charge < -0.3 is 15.1 Å². The molecule has 3 aromatic heterocycles. The Kier molecular flexibility index (Phi) is 4.55. The number of anilines is 2. The first-order valence-electron chi connectivity index (χ1n) is 11.2. The molecule has 0 bridgehead atoms. The largest absolute Gasteiger partial charge is 0.366 e. The number of pyridine rings is 2. The smallest absolute Gasteiger partial charge is 0.205 e. The van der Waals surface area contributed by atoms with Crippen molar-refractivity contribution in [2.75, 3.05) is 11.9 Å². The first-order chi connectivity index (χ1) is 16.4. The number of fused-ring (bicyclic) bond motifs is 3. The Morgan fingerprint density at radius 1 is 1.06 bits per heavy atom. The zero-order chi connectivity index (χ0) is 23.4. The molecule has 0 fully saturated rings. The molecule has 0 saturated carbocycles. The number of nitrogens with one attached hydrogen (secondary N) is 1. The zero-order valence-corrected chi connectivity index (χ0v) is 19.2. The van der Waals surface area contributed by atoms with Crippen LogP contribution in [0.25, 0.3) is 21.9 Å². The molecular weight excluding hydrogens is 433 g/mol. The molecule has 2 aliphatic rings. The van der Waals surface area contributed by atoms with E-state index in [1.54, 1.807) is 18.6 Å². The van der Waals surface area contributed by atoms with Crippen molar-refractivity contribution in [3.05, 3.63) is 66.0 Å². The van der Waals surface area contributed by atoms with Crippen LogP contribution in [0.5, 0.6) is 0 Å². The monoisotopic (exact) mass is 457 g/mol. The van der Waals surface area contributed by atoms with E-state index in [4.69, 9.17) is 9.94 Å². The van der Waals surface area contributed by atoms with Crippen LogP contribution in [0.2, 0.25) is 0 Å². The summed E-state index contributed by atoms with van der Waals surface area (Å²) in [4.78, 5) is 16.4. The Hall–Kier alpha value is -4.01. The Morgan fingerprint density at radius 2 is 1.94 bits per heavy atom. The molecule has 4 aromatic rings. The van der Waals surface area contributed by atoms with Gasteiger partial charge in [0.15, 0.2) is 11.7 Å². The van der Waals surface area contributed by atoms with Crippen molar-refractivity contribution in [2.45, 2.75) is 39.5 Å². The average Bonchev–Trinajstić information content (AvgIpc) is 3.25. The van der Waals surface area contributed by atoms with E-state index >= 15 is 0 Å². The van der Waals surface area contributed by atoms with Crippen molar-refractivity contribution in [2.24, 2.45) is 5.16 Å². The summed E-state index contributed by atoms with van der Waals surface area (Å²) in [7, 11) is 0. The number of oxime groups is 1. The maximum atomic E-state index is 14.8. The van der Waals surface area contributed by atoms with E-state index in [9.17, 15) is 4.39 Å². The SMILES string of the molecule is Cc1ccncc1-c1cc2cc(Nc3cc4n(n3)CC3=NOC(C)(C)N3CC4)ncc2cc1F. The highest BCUT2D eigenvalue weighted by molar-refractivity contribution is 5.89. The molecule has 8 nitrogen and oxygen atoms in total. The Labute approximate surface area is 196 Å². The molecule has 1 N–H and O–H groups in total. The van der Waals surface area contributed by atoms with Gasteiger partial charge in [0.1, 0.15) is 18.2 Å². The van der Waals surface area contributed by atoms with Crippen molar-refractivity contribution in [3.63, 3.8) is 0 Å². The van der Waals surface area contributed by atoms with Crippen LogP contribution in [-0.2, 0) is 17.8 Å². The Balaban J connectivity index is 1.29. The van der Waals surface area contributed by atoms with Crippen LogP contribution < -0.4 is 5.32 Å². The third-order valence-electron chi connectivity index (χ3n) is 6.48. The molecule has 6 rings (SSSR count). The lowest BCUT2D eigenvalue weighted by atomic mass is 9.99. The fraction of sp³-hybridized carbons (Fsp3) is 0.280. The quantitative estimate of drug-likeness (QED) is 0.484. The highest BCUT2D eigenvalue weighted by atomic mass is 19.1. The number of rotatable bonds is 3. The molecule has 0 amide bonds. The van der Waals surface area contributed by atoms with Gasteiger partial charge >= 0.3 is 0 Å². The highest BCUT2D eigenvalue weighted by Gasteiger charge is 2.39. The molecule has 0 unspecified atom stereocenters. The molecule has 0 saturated heterocycles. The summed E-state index contributed by atoms with van der Waals surface area (Å²) < 4.78 is 16.8. The second-order valence-corrected chi connectivity index (χ2v) is 9.19. The van der Waals surface area contributed by atoms with E-state index in [0.717, 1.165) is 46.4 Å². The van der Waals surface area contributed by atoms with Gasteiger partial charge in [-0.2, -0.15) is 5.10 Å². The van der Waals surface area contributed by atoms with Crippen LogP contribution in [0.1, 0.15) is 25.1 Å². The summed E-state index contributed by atoms with van der Waals surface area (Å²) in [6, 6.07) is 9.19. The van der Waals surface area contributed by atoms with E-state index in [0.29, 0.717) is 23.7 Å². The van der Waals surface area contributed by atoms with Gasteiger partial charge in [-0.1, -0.05) is 5.16 Å². The van der Waals surface area contributed by atoms with E-state index in [-0.39, 0.29) is 5.82 Å². The molecule has 0 spiro atoms. The van der Waals surface area contributed by atoms with E-state index < -0.39 is 5.72 Å². The standard InChI is InChI=1S/C25H24FN7O/c1-15-4-6-27-13-20(15)19-8-16-10-22(28-12-17(16)9-21(19)26)29-23-11-18-5-7-32-24(14-33(18)30-23)31-34-25(32,2)3/h4,6,8-13H,5,7,14H2,1-3H3,(H,28,29,30). The van der Waals surface area contributed by atoms with Crippen LogP contribution in [0, 0.1) is 12.7 Å². The van der Waals surface area contributed by atoms with Crippen molar-refractivity contribution in [1.82, 2.24) is 24.6 Å². The summed E-state index contributed by atoms with van der Waals surface area (Å²) in [6.07, 6.45) is 5.91. The van der Waals surface area contributed by atoms with Gasteiger partial charge in [0.2, 0.25) is 5.72 Å². The van der Waals surface area contributed by atoms with E-state index in [2.05, 4.69) is 25.3 Å². The number of aryl methyl sites for hydroxylation is 1. The summed E-state index contributed by atoms with van der Waals surface area (Å²) in [6.45, 7) is 7.35. The summed E-state index contributed by atoms with van der Waals surface area (Å²) in [5, 5.41) is 13.9. The third kappa shape index (κ3) is 3.44. The molecular formula is C25H24FN7O. The average molecular weight is 458 g/mol. The van der Waals surface area contributed by atoms with Gasteiger partial charge in [0, 0.05) is 59.8 Å². The predicted octanol–water partition coefficient (Wildman–Crippen LogP) is 4.62. The molecule has 0 aliphatic carbocycles. The fourth-order valence-electron chi connectivity index (χ4n) is 4.62. The predicted molar refractivity (Wildman–Crippen MR) is 128 cm³/mol. The minimum absolute atomic E-state index is 0.292. The number of amidine groups is 1. The summed E-state index contributed by atoms with van der Waals surface area (Å²) >= 11 is 0. The number of nitrogens with zero attached hydrogens (tertiary/aromatic N) is 6. The number of halogens is 1. The second-order valence-electron chi connectivity index (χ2n) is 9.19. The topological polar surface area (TPSA) is 80.5 Å². The minimum Gasteiger partial charge on any atom is -0.366 e. The molecule has 172 valence electrons. The van der Waals surface area contributed by atoms with Crippen LogP contribution in [0.3, 0.4) is 0 Å². The molecule has 0 radical (unpaired) electrons. The maximum Gasteiger partial charge on any atom is 0.205 e. The van der Waals surface area contributed by atoms with Crippen molar-refractivity contribution in [3.8, 4) is 11.1 Å². The number of benzene rings is 1. The lowest BCUT2D eigenvalue weighted by Gasteiger charge is -2.29. The molecule has 0 atom stereocenters. The van der Waals surface area contributed by atoms with Crippen LogP contribution in [0.4, 0.5) is 16.0 Å². The highest BCUT2D eigenvalue weighted by Crippen LogP contribution is 2.31. The lowest BCUT2D eigenvalue weighted by molar-refractivity contribution is -0.0679. The second kappa shape index (κ2) is 7.51. The first kappa shape index (κ1) is 20.6. The van der Waals surface area contributed by atoms with Crippen molar-refractivity contribution < 1.29 is 9.23 Å². The summed E-state index contributed by atoms with van der Waals surface area (Å²) in [5.74, 6) is 1.94.